The normalized spacial score (nSPS) is 12.0. The lowest BCUT2D eigenvalue weighted by atomic mass is 10.1. The maximum atomic E-state index is 13.1. The van der Waals surface area contributed by atoms with E-state index >= 15 is 0 Å². The maximum Gasteiger partial charge on any atom is 0.240 e. The van der Waals surface area contributed by atoms with Crippen LogP contribution in [0.2, 0.25) is 0 Å². The van der Waals surface area contributed by atoms with E-state index in [-0.39, 0.29) is 18.2 Å². The highest BCUT2D eigenvalue weighted by molar-refractivity contribution is 5.99. The number of nitrogens with zero attached hydrogens (tertiary/aromatic N) is 4. The lowest BCUT2D eigenvalue weighted by Gasteiger charge is -2.10. The van der Waals surface area contributed by atoms with Gasteiger partial charge in [-0.25, -0.2) is 9.61 Å². The maximum absolute atomic E-state index is 13.1. The van der Waals surface area contributed by atoms with E-state index in [1.807, 2.05) is 24.3 Å². The molecule has 0 saturated carbocycles. The molecule has 6 N–H and O–H groups in total. The number of Topliss-reactive ketones (excluding diaryl/α,β-unsaturated/α-hetero) is 1. The van der Waals surface area contributed by atoms with Gasteiger partial charge in [-0.1, -0.05) is 12.1 Å². The second-order valence-electron chi connectivity index (χ2n) is 7.47. The molecule has 0 unspecified atom stereocenters. The molecule has 0 aliphatic heterocycles. The Balaban J connectivity index is 1.63. The van der Waals surface area contributed by atoms with Crippen LogP contribution in [-0.2, 0) is 11.3 Å². The van der Waals surface area contributed by atoms with Gasteiger partial charge in [0, 0.05) is 24.3 Å². The lowest BCUT2D eigenvalue weighted by molar-refractivity contribution is -0.117. The number of fused-ring (bicyclic) bond motifs is 1. The molecule has 1 amide bonds. The molecule has 170 valence electrons. The Hall–Kier alpha value is -4.09. The van der Waals surface area contributed by atoms with E-state index in [4.69, 9.17) is 16.1 Å². The zero-order chi connectivity index (χ0) is 23.4. The van der Waals surface area contributed by atoms with Crippen molar-refractivity contribution in [2.45, 2.75) is 19.5 Å². The number of para-hydroxylation sites is 2. The van der Waals surface area contributed by atoms with Gasteiger partial charge >= 0.3 is 0 Å². The Morgan fingerprint density at radius 3 is 2.61 bits per heavy atom. The highest BCUT2D eigenvalue weighted by Gasteiger charge is 2.22. The van der Waals surface area contributed by atoms with Gasteiger partial charge in [-0.15, -0.1) is 0 Å². The van der Waals surface area contributed by atoms with Gasteiger partial charge < -0.3 is 26.7 Å². The molecule has 2 aromatic carbocycles. The molecule has 11 heteroatoms. The smallest absolute Gasteiger partial charge is 0.240 e. The van der Waals surface area contributed by atoms with Crippen LogP contribution >= 0.6 is 0 Å². The van der Waals surface area contributed by atoms with Gasteiger partial charge in [-0.3, -0.25) is 9.59 Å². The first kappa shape index (κ1) is 22.1. The van der Waals surface area contributed by atoms with Gasteiger partial charge in [0.05, 0.1) is 23.6 Å². The number of carbonyl (C=O) groups is 2. The number of carbonyl (C=O) groups excluding carboxylic acids is 2. The van der Waals surface area contributed by atoms with Crippen LogP contribution in [0.25, 0.3) is 22.6 Å². The summed E-state index contributed by atoms with van der Waals surface area (Å²) in [5.74, 6) is 0.408. The fraction of sp³-hybridized carbons (Fsp3) is 0.227. The average molecular weight is 448 g/mol. The van der Waals surface area contributed by atoms with E-state index in [1.54, 1.807) is 35.8 Å². The van der Waals surface area contributed by atoms with Crippen LogP contribution < -0.4 is 22.1 Å². The Morgan fingerprint density at radius 1 is 1.12 bits per heavy atom. The number of nitrogens with one attached hydrogen (secondary N) is 2. The minimum Gasteiger partial charge on any atom is -0.364 e. The first-order valence-electron chi connectivity index (χ1n) is 10.4. The molecule has 1 atom stereocenters. The predicted octanol–water partition coefficient (Wildman–Crippen LogP) is 1.63. The van der Waals surface area contributed by atoms with Crippen LogP contribution in [0.3, 0.4) is 0 Å². The summed E-state index contributed by atoms with van der Waals surface area (Å²) in [5.41, 5.74) is 14.1. The summed E-state index contributed by atoms with van der Waals surface area (Å²) in [7, 11) is 0. The SMILES string of the molecule is C[C@H](N)C(=O)Nc1ccc(C(=O)Cn2c(-c3nonc3NCCN)nc3ccccc32)cc1. The van der Waals surface area contributed by atoms with Crippen LogP contribution in [0.5, 0.6) is 0 Å². The van der Waals surface area contributed by atoms with Crippen LogP contribution in [0.4, 0.5) is 11.5 Å². The summed E-state index contributed by atoms with van der Waals surface area (Å²) >= 11 is 0. The largest absolute Gasteiger partial charge is 0.364 e. The molecule has 4 aromatic rings. The molecule has 0 aliphatic carbocycles. The second-order valence-corrected chi connectivity index (χ2v) is 7.47. The lowest BCUT2D eigenvalue weighted by Crippen LogP contribution is -2.32. The number of amides is 1. The second kappa shape index (κ2) is 9.59. The Kier molecular flexibility index (Phi) is 6.43. The number of hydrogen-bond acceptors (Lipinski definition) is 9. The summed E-state index contributed by atoms with van der Waals surface area (Å²) in [6.07, 6.45) is 0. The summed E-state index contributed by atoms with van der Waals surface area (Å²) < 4.78 is 6.69. The van der Waals surface area contributed by atoms with E-state index in [1.165, 1.54) is 0 Å². The minimum atomic E-state index is -0.630. The molecule has 0 saturated heterocycles. The fourth-order valence-corrected chi connectivity index (χ4v) is 3.29. The summed E-state index contributed by atoms with van der Waals surface area (Å²) in [4.78, 5) is 29.5. The number of rotatable bonds is 9. The first-order valence-corrected chi connectivity index (χ1v) is 10.4. The number of hydrogen-bond donors (Lipinski definition) is 4. The van der Waals surface area contributed by atoms with Crippen molar-refractivity contribution in [2.75, 3.05) is 23.7 Å². The third kappa shape index (κ3) is 4.73. The van der Waals surface area contributed by atoms with Gasteiger partial charge in [0.15, 0.2) is 17.3 Å². The standard InChI is InChI=1S/C22H24N8O3/c1-13(24)22(32)26-15-8-6-14(7-9-15)18(31)12-30-17-5-3-2-4-16(17)27-21(30)19-20(25-11-10-23)29-33-28-19/h2-9,13H,10-12,23-24H2,1H3,(H,25,29)(H,26,32)/t13-/m0/s1. The van der Waals surface area contributed by atoms with Crippen molar-refractivity contribution in [3.8, 4) is 11.5 Å². The Bertz CT molecular complexity index is 1280. The van der Waals surface area contributed by atoms with Crippen molar-refractivity contribution in [2.24, 2.45) is 11.5 Å². The molecular formula is C22H24N8O3. The third-order valence-electron chi connectivity index (χ3n) is 4.98. The minimum absolute atomic E-state index is 0.0184. The van der Waals surface area contributed by atoms with Crippen molar-refractivity contribution < 1.29 is 14.2 Å². The average Bonchev–Trinajstić information content (AvgIpc) is 3.42. The number of ketones is 1. The monoisotopic (exact) mass is 448 g/mol. The molecule has 0 aliphatic rings. The fourth-order valence-electron chi connectivity index (χ4n) is 3.29. The highest BCUT2D eigenvalue weighted by atomic mass is 16.6. The van der Waals surface area contributed by atoms with Crippen molar-refractivity contribution in [1.82, 2.24) is 19.9 Å². The molecule has 0 bridgehead atoms. The van der Waals surface area contributed by atoms with Crippen molar-refractivity contribution in [3.63, 3.8) is 0 Å². The van der Waals surface area contributed by atoms with Gasteiger partial charge in [0.2, 0.25) is 11.7 Å². The third-order valence-corrected chi connectivity index (χ3v) is 4.98. The summed E-state index contributed by atoms with van der Waals surface area (Å²) in [5, 5.41) is 13.6. The number of nitrogens with two attached hydrogens (primary N) is 2. The van der Waals surface area contributed by atoms with Crippen LogP contribution in [0.1, 0.15) is 17.3 Å². The molecular weight excluding hydrogens is 424 g/mol. The summed E-state index contributed by atoms with van der Waals surface area (Å²) in [6.45, 7) is 2.50. The van der Waals surface area contributed by atoms with E-state index in [9.17, 15) is 9.59 Å². The van der Waals surface area contributed by atoms with Gasteiger partial charge in [0.1, 0.15) is 0 Å². The number of imidazole rings is 1. The van der Waals surface area contributed by atoms with Gasteiger partial charge in [0.25, 0.3) is 0 Å². The van der Waals surface area contributed by atoms with E-state index in [0.29, 0.717) is 47.2 Å². The predicted molar refractivity (Wildman–Crippen MR) is 124 cm³/mol. The van der Waals surface area contributed by atoms with Crippen molar-refractivity contribution in [1.29, 1.82) is 0 Å². The van der Waals surface area contributed by atoms with E-state index < -0.39 is 6.04 Å². The van der Waals surface area contributed by atoms with Gasteiger partial charge in [-0.2, -0.15) is 0 Å². The molecule has 4 rings (SSSR count). The zero-order valence-electron chi connectivity index (χ0n) is 18.0. The molecule has 0 fully saturated rings. The van der Waals surface area contributed by atoms with Crippen LogP contribution in [0.15, 0.2) is 53.2 Å². The molecule has 0 spiro atoms. The molecule has 0 radical (unpaired) electrons. The molecule has 2 aromatic heterocycles. The molecule has 11 nitrogen and oxygen atoms in total. The Labute approximate surface area is 189 Å². The number of benzene rings is 2. The van der Waals surface area contributed by atoms with Crippen LogP contribution in [-0.4, -0.2) is 50.7 Å². The topological polar surface area (TPSA) is 167 Å². The van der Waals surface area contributed by atoms with Crippen LogP contribution in [0, 0.1) is 0 Å². The quantitative estimate of drug-likeness (QED) is 0.278. The van der Waals surface area contributed by atoms with Crippen molar-refractivity contribution >= 4 is 34.2 Å². The number of anilines is 2. The zero-order valence-corrected chi connectivity index (χ0v) is 18.0. The Morgan fingerprint density at radius 2 is 1.88 bits per heavy atom. The van der Waals surface area contributed by atoms with Crippen molar-refractivity contribution in [3.05, 3.63) is 54.1 Å². The molecule has 2 heterocycles. The first-order chi connectivity index (χ1) is 16.0. The molecule has 33 heavy (non-hydrogen) atoms. The van der Waals surface area contributed by atoms with E-state index in [0.717, 1.165) is 5.52 Å². The number of aromatic nitrogens is 4. The van der Waals surface area contributed by atoms with E-state index in [2.05, 4.69) is 25.9 Å². The van der Waals surface area contributed by atoms with Gasteiger partial charge in [-0.05, 0) is 53.6 Å². The summed E-state index contributed by atoms with van der Waals surface area (Å²) in [6, 6.07) is 13.5. The highest BCUT2D eigenvalue weighted by Crippen LogP contribution is 2.28.